The number of aryl methyl sites for hydroxylation is 1. The van der Waals surface area contributed by atoms with Crippen molar-refractivity contribution >= 4 is 0 Å². The van der Waals surface area contributed by atoms with Crippen LogP contribution < -0.4 is 0 Å². The van der Waals surface area contributed by atoms with Crippen molar-refractivity contribution in [3.05, 3.63) is 35.7 Å². The molecule has 1 heterocycles. The number of aromatic nitrogens is 2. The highest BCUT2D eigenvalue weighted by Crippen LogP contribution is 2.20. The maximum absolute atomic E-state index is 10.6. The standard InChI is InChI=1S/C14H17N2O2/c1-2-3-4-6-11-7-5-8-12(9-11)14-16-15-13(10-17)18-14/h5,7-9H,2-4,6,10H2,1H3. The van der Waals surface area contributed by atoms with Gasteiger partial charge in [-0.2, -0.15) is 0 Å². The van der Waals surface area contributed by atoms with Crippen LogP contribution in [0.25, 0.3) is 11.5 Å². The Morgan fingerprint density at radius 2 is 2.11 bits per heavy atom. The molecule has 4 heteroatoms. The Morgan fingerprint density at radius 1 is 1.22 bits per heavy atom. The normalized spacial score (nSPS) is 10.8. The second-order valence-corrected chi connectivity index (χ2v) is 4.30. The molecule has 0 saturated carbocycles. The van der Waals surface area contributed by atoms with Crippen molar-refractivity contribution in [2.45, 2.75) is 39.2 Å². The number of hydrogen-bond donors (Lipinski definition) is 0. The number of rotatable bonds is 6. The van der Waals surface area contributed by atoms with E-state index in [1.165, 1.54) is 24.8 Å². The average molecular weight is 245 g/mol. The molecular weight excluding hydrogens is 228 g/mol. The fourth-order valence-electron chi connectivity index (χ4n) is 1.87. The minimum atomic E-state index is -0.469. The Labute approximate surface area is 107 Å². The SMILES string of the molecule is CCCCCc1cccc(-c2nnc(C[O])o2)c1. The van der Waals surface area contributed by atoms with E-state index < -0.39 is 6.61 Å². The number of hydrogen-bond acceptors (Lipinski definition) is 3. The Bertz CT molecular complexity index is 494. The first kappa shape index (κ1) is 12.8. The van der Waals surface area contributed by atoms with Crippen molar-refractivity contribution in [3.8, 4) is 11.5 Å². The van der Waals surface area contributed by atoms with Gasteiger partial charge in [0.1, 0.15) is 0 Å². The maximum atomic E-state index is 10.6. The summed E-state index contributed by atoms with van der Waals surface area (Å²) in [5, 5.41) is 18.2. The van der Waals surface area contributed by atoms with Gasteiger partial charge >= 0.3 is 0 Å². The first-order valence-electron chi connectivity index (χ1n) is 6.33. The van der Waals surface area contributed by atoms with Crippen LogP contribution in [0.1, 0.15) is 37.6 Å². The molecule has 4 nitrogen and oxygen atoms in total. The van der Waals surface area contributed by atoms with Gasteiger partial charge in [0, 0.05) is 5.56 Å². The molecular formula is C14H17N2O2. The third kappa shape index (κ3) is 3.17. The summed E-state index contributed by atoms with van der Waals surface area (Å²) in [7, 11) is 0. The molecule has 2 rings (SSSR count). The lowest BCUT2D eigenvalue weighted by molar-refractivity contribution is 0.151. The molecule has 0 aliphatic rings. The fourth-order valence-corrected chi connectivity index (χ4v) is 1.87. The van der Waals surface area contributed by atoms with Crippen LogP contribution >= 0.6 is 0 Å². The van der Waals surface area contributed by atoms with Gasteiger partial charge in [-0.3, -0.25) is 0 Å². The lowest BCUT2D eigenvalue weighted by Crippen LogP contribution is -1.87. The molecule has 0 aliphatic carbocycles. The van der Waals surface area contributed by atoms with Gasteiger partial charge in [-0.25, -0.2) is 5.11 Å². The lowest BCUT2D eigenvalue weighted by atomic mass is 10.0. The largest absolute Gasteiger partial charge is 0.418 e. The molecule has 1 radical (unpaired) electrons. The van der Waals surface area contributed by atoms with E-state index in [1.807, 2.05) is 12.1 Å². The lowest BCUT2D eigenvalue weighted by Gasteiger charge is -2.02. The summed E-state index contributed by atoms with van der Waals surface area (Å²) in [5.74, 6) is 0.569. The van der Waals surface area contributed by atoms with E-state index >= 15 is 0 Å². The van der Waals surface area contributed by atoms with E-state index in [1.54, 1.807) is 0 Å². The molecule has 0 saturated heterocycles. The van der Waals surface area contributed by atoms with Gasteiger partial charge in [0.25, 0.3) is 0 Å². The highest BCUT2D eigenvalue weighted by Gasteiger charge is 2.08. The molecule has 0 bridgehead atoms. The summed E-state index contributed by atoms with van der Waals surface area (Å²) in [6.07, 6.45) is 4.71. The molecule has 95 valence electrons. The molecule has 2 aromatic rings. The quantitative estimate of drug-likeness (QED) is 0.733. The van der Waals surface area contributed by atoms with E-state index in [4.69, 9.17) is 4.42 Å². The molecule has 0 N–H and O–H groups in total. The van der Waals surface area contributed by atoms with Gasteiger partial charge in [-0.05, 0) is 30.5 Å². The molecule has 1 aromatic carbocycles. The van der Waals surface area contributed by atoms with Crippen LogP contribution in [0.4, 0.5) is 0 Å². The molecule has 0 unspecified atom stereocenters. The van der Waals surface area contributed by atoms with Crippen molar-refractivity contribution in [3.63, 3.8) is 0 Å². The van der Waals surface area contributed by atoms with Gasteiger partial charge in [-0.15, -0.1) is 10.2 Å². The predicted octanol–water partition coefficient (Wildman–Crippen LogP) is 3.40. The molecule has 0 spiro atoms. The Balaban J connectivity index is 2.11. The molecule has 0 amide bonds. The van der Waals surface area contributed by atoms with Gasteiger partial charge in [-0.1, -0.05) is 31.9 Å². The minimum Gasteiger partial charge on any atom is -0.418 e. The van der Waals surface area contributed by atoms with Gasteiger partial charge in [0.2, 0.25) is 11.8 Å². The van der Waals surface area contributed by atoms with Gasteiger partial charge in [0.15, 0.2) is 6.61 Å². The zero-order valence-electron chi connectivity index (χ0n) is 10.6. The van der Waals surface area contributed by atoms with Crippen LogP contribution in [0.15, 0.2) is 28.7 Å². The molecule has 18 heavy (non-hydrogen) atoms. The van der Waals surface area contributed by atoms with Crippen LogP contribution in [-0.4, -0.2) is 10.2 Å². The van der Waals surface area contributed by atoms with E-state index in [-0.39, 0.29) is 5.89 Å². The van der Waals surface area contributed by atoms with E-state index in [0.717, 1.165) is 12.0 Å². The summed E-state index contributed by atoms with van der Waals surface area (Å²) in [6, 6.07) is 8.06. The summed E-state index contributed by atoms with van der Waals surface area (Å²) >= 11 is 0. The summed E-state index contributed by atoms with van der Waals surface area (Å²) in [4.78, 5) is 0. The zero-order valence-corrected chi connectivity index (χ0v) is 10.6. The van der Waals surface area contributed by atoms with Gasteiger partial charge in [0.05, 0.1) is 0 Å². The monoisotopic (exact) mass is 245 g/mol. The molecule has 0 atom stereocenters. The molecule has 0 fully saturated rings. The first-order valence-corrected chi connectivity index (χ1v) is 6.33. The highest BCUT2D eigenvalue weighted by molar-refractivity contribution is 5.53. The smallest absolute Gasteiger partial charge is 0.247 e. The Morgan fingerprint density at radius 3 is 2.83 bits per heavy atom. The predicted molar refractivity (Wildman–Crippen MR) is 67.4 cm³/mol. The third-order valence-corrected chi connectivity index (χ3v) is 2.83. The minimum absolute atomic E-state index is 0.140. The Kier molecular flexibility index (Phi) is 4.47. The van der Waals surface area contributed by atoms with Crippen LogP contribution in [0.3, 0.4) is 0 Å². The van der Waals surface area contributed by atoms with Crippen molar-refractivity contribution in [2.75, 3.05) is 0 Å². The second kappa shape index (κ2) is 6.31. The van der Waals surface area contributed by atoms with E-state index in [9.17, 15) is 5.11 Å². The number of nitrogens with zero attached hydrogens (tertiary/aromatic N) is 2. The van der Waals surface area contributed by atoms with Crippen LogP contribution in [-0.2, 0) is 18.1 Å². The van der Waals surface area contributed by atoms with Crippen LogP contribution in [0, 0.1) is 0 Å². The van der Waals surface area contributed by atoms with E-state index in [0.29, 0.717) is 5.89 Å². The van der Waals surface area contributed by atoms with E-state index in [2.05, 4.69) is 29.3 Å². The average Bonchev–Trinajstić information content (AvgIpc) is 2.88. The summed E-state index contributed by atoms with van der Waals surface area (Å²) in [5.41, 5.74) is 2.15. The second-order valence-electron chi connectivity index (χ2n) is 4.30. The first-order chi connectivity index (χ1) is 8.83. The summed E-state index contributed by atoms with van der Waals surface area (Å²) < 4.78 is 5.26. The Hall–Kier alpha value is -1.68. The molecule has 1 aromatic heterocycles. The fraction of sp³-hybridized carbons (Fsp3) is 0.429. The van der Waals surface area contributed by atoms with Crippen molar-refractivity contribution in [1.29, 1.82) is 0 Å². The van der Waals surface area contributed by atoms with Crippen LogP contribution in [0.2, 0.25) is 0 Å². The van der Waals surface area contributed by atoms with Gasteiger partial charge < -0.3 is 4.42 Å². The van der Waals surface area contributed by atoms with Crippen molar-refractivity contribution in [1.82, 2.24) is 10.2 Å². The highest BCUT2D eigenvalue weighted by atomic mass is 16.4. The number of benzene rings is 1. The van der Waals surface area contributed by atoms with Crippen LogP contribution in [0.5, 0.6) is 0 Å². The maximum Gasteiger partial charge on any atom is 0.247 e. The third-order valence-electron chi connectivity index (χ3n) is 2.83. The number of unbranched alkanes of at least 4 members (excludes halogenated alkanes) is 2. The topological polar surface area (TPSA) is 58.8 Å². The summed E-state index contributed by atoms with van der Waals surface area (Å²) in [6.45, 7) is 1.72. The zero-order chi connectivity index (χ0) is 12.8. The molecule has 0 aliphatic heterocycles. The van der Waals surface area contributed by atoms with Crippen molar-refractivity contribution in [2.24, 2.45) is 0 Å². The van der Waals surface area contributed by atoms with Crippen molar-refractivity contribution < 1.29 is 9.52 Å².